The smallest absolute Gasteiger partial charge is 0.0715 e. The third-order valence-electron chi connectivity index (χ3n) is 3.74. The lowest BCUT2D eigenvalue weighted by molar-refractivity contribution is 0.279. The van der Waals surface area contributed by atoms with E-state index in [9.17, 15) is 5.11 Å². The van der Waals surface area contributed by atoms with E-state index in [1.54, 1.807) is 0 Å². The molecule has 2 aliphatic rings. The Balaban J connectivity index is 1.94. The van der Waals surface area contributed by atoms with Crippen LogP contribution in [0.4, 0.5) is 0 Å². The highest BCUT2D eigenvalue weighted by molar-refractivity contribution is 5.25. The molecule has 1 heterocycles. The summed E-state index contributed by atoms with van der Waals surface area (Å²) in [5, 5.41) is 13.8. The van der Waals surface area contributed by atoms with Gasteiger partial charge < -0.3 is 5.11 Å². The third-order valence-corrected chi connectivity index (χ3v) is 3.74. The monoisotopic (exact) mass is 206 g/mol. The molecule has 1 atom stereocenters. The van der Waals surface area contributed by atoms with E-state index in [0.717, 1.165) is 11.5 Å². The molecule has 15 heavy (non-hydrogen) atoms. The number of hydrogen-bond donors (Lipinski definition) is 1. The van der Waals surface area contributed by atoms with Gasteiger partial charge in [0, 0.05) is 17.2 Å². The predicted octanol–water partition coefficient (Wildman–Crippen LogP) is 2.22. The van der Waals surface area contributed by atoms with Gasteiger partial charge in [0.25, 0.3) is 0 Å². The van der Waals surface area contributed by atoms with Crippen LogP contribution in [0.2, 0.25) is 0 Å². The van der Waals surface area contributed by atoms with Crippen LogP contribution in [0.5, 0.6) is 0 Å². The van der Waals surface area contributed by atoms with Gasteiger partial charge in [-0.25, -0.2) is 0 Å². The molecule has 0 radical (unpaired) electrons. The molecule has 0 aliphatic heterocycles. The van der Waals surface area contributed by atoms with Crippen LogP contribution >= 0.6 is 0 Å². The lowest BCUT2D eigenvalue weighted by atomic mass is 10.1. The maximum absolute atomic E-state index is 9.29. The fraction of sp³-hybridized carbons (Fsp3) is 0.750. The number of aliphatic hydroxyl groups is 1. The summed E-state index contributed by atoms with van der Waals surface area (Å²) in [6.07, 6.45) is 7.10. The Bertz CT molecular complexity index is 364. The highest BCUT2D eigenvalue weighted by atomic mass is 16.3. The molecule has 1 aromatic heterocycles. The number of nitrogens with zero attached hydrogens (tertiary/aromatic N) is 2. The van der Waals surface area contributed by atoms with Gasteiger partial charge in [0.15, 0.2) is 0 Å². The normalized spacial score (nSPS) is 23.1. The first-order valence-electron chi connectivity index (χ1n) is 5.98. The maximum atomic E-state index is 9.29. The second-order valence-electron chi connectivity index (χ2n) is 5.01. The summed E-state index contributed by atoms with van der Waals surface area (Å²) in [6.45, 7) is 2.40. The zero-order valence-electron chi connectivity index (χ0n) is 9.19. The zero-order valence-corrected chi connectivity index (χ0v) is 9.19. The molecule has 3 rings (SSSR count). The molecule has 2 fully saturated rings. The van der Waals surface area contributed by atoms with Crippen molar-refractivity contribution < 1.29 is 5.11 Å². The van der Waals surface area contributed by atoms with Crippen LogP contribution in [0.25, 0.3) is 0 Å². The van der Waals surface area contributed by atoms with E-state index < -0.39 is 0 Å². The number of hydrogen-bond acceptors (Lipinski definition) is 2. The Hall–Kier alpha value is -0.830. The molecule has 0 spiro atoms. The van der Waals surface area contributed by atoms with Crippen molar-refractivity contribution in [3.63, 3.8) is 0 Å². The van der Waals surface area contributed by atoms with Gasteiger partial charge in [-0.2, -0.15) is 5.10 Å². The van der Waals surface area contributed by atoms with Gasteiger partial charge >= 0.3 is 0 Å². The Morgan fingerprint density at radius 2 is 2.20 bits per heavy atom. The average molecular weight is 206 g/mol. The van der Waals surface area contributed by atoms with Crippen LogP contribution in [-0.2, 0) is 6.61 Å². The molecular weight excluding hydrogens is 188 g/mol. The molecule has 82 valence electrons. The molecule has 1 aromatic rings. The summed E-state index contributed by atoms with van der Waals surface area (Å²) in [6, 6.07) is 0.529. The number of aromatic nitrogens is 2. The molecule has 2 saturated carbocycles. The first-order valence-corrected chi connectivity index (χ1v) is 5.98. The van der Waals surface area contributed by atoms with Gasteiger partial charge in [0.1, 0.15) is 0 Å². The van der Waals surface area contributed by atoms with Gasteiger partial charge in [0.05, 0.1) is 18.8 Å². The molecule has 2 aliphatic carbocycles. The quantitative estimate of drug-likeness (QED) is 0.820. The van der Waals surface area contributed by atoms with Crippen molar-refractivity contribution in [1.29, 1.82) is 0 Å². The molecule has 1 N–H and O–H groups in total. The molecule has 0 amide bonds. The predicted molar refractivity (Wildman–Crippen MR) is 57.6 cm³/mol. The SMILES string of the molecule is CC(C1CC1)n1ncc(CO)c1C1CC1. The Morgan fingerprint density at radius 1 is 1.47 bits per heavy atom. The van der Waals surface area contributed by atoms with Crippen molar-refractivity contribution in [2.75, 3.05) is 0 Å². The Labute approximate surface area is 90.1 Å². The molecular formula is C12H18N2O. The summed E-state index contributed by atoms with van der Waals surface area (Å²) in [5.41, 5.74) is 2.36. The summed E-state index contributed by atoms with van der Waals surface area (Å²) >= 11 is 0. The first-order chi connectivity index (χ1) is 7.31. The van der Waals surface area contributed by atoms with E-state index in [0.29, 0.717) is 12.0 Å². The molecule has 3 heteroatoms. The van der Waals surface area contributed by atoms with Gasteiger partial charge in [-0.15, -0.1) is 0 Å². The summed E-state index contributed by atoms with van der Waals surface area (Å²) in [7, 11) is 0. The number of rotatable bonds is 4. The minimum Gasteiger partial charge on any atom is -0.392 e. The average Bonchev–Trinajstić information content (AvgIpc) is 3.12. The van der Waals surface area contributed by atoms with Crippen LogP contribution < -0.4 is 0 Å². The van der Waals surface area contributed by atoms with Crippen molar-refractivity contribution in [2.45, 2.75) is 51.2 Å². The van der Waals surface area contributed by atoms with E-state index in [1.807, 2.05) is 6.20 Å². The highest BCUT2D eigenvalue weighted by Crippen LogP contribution is 2.46. The zero-order chi connectivity index (χ0) is 10.4. The summed E-state index contributed by atoms with van der Waals surface area (Å²) in [5.74, 6) is 1.50. The lowest BCUT2D eigenvalue weighted by Crippen LogP contribution is -2.12. The highest BCUT2D eigenvalue weighted by Gasteiger charge is 2.35. The summed E-state index contributed by atoms with van der Waals surface area (Å²) in [4.78, 5) is 0. The summed E-state index contributed by atoms with van der Waals surface area (Å²) < 4.78 is 2.18. The second-order valence-corrected chi connectivity index (χ2v) is 5.01. The van der Waals surface area contributed by atoms with Crippen molar-refractivity contribution in [3.8, 4) is 0 Å². The van der Waals surface area contributed by atoms with Crippen molar-refractivity contribution in [1.82, 2.24) is 9.78 Å². The molecule has 1 unspecified atom stereocenters. The van der Waals surface area contributed by atoms with Crippen LogP contribution in [0.3, 0.4) is 0 Å². The first kappa shape index (κ1) is 9.40. The Morgan fingerprint density at radius 3 is 2.73 bits per heavy atom. The minimum absolute atomic E-state index is 0.142. The molecule has 0 bridgehead atoms. The Kier molecular flexibility index (Phi) is 2.09. The molecule has 0 saturated heterocycles. The van der Waals surface area contributed by atoms with Crippen LogP contribution in [0.15, 0.2) is 6.20 Å². The maximum Gasteiger partial charge on any atom is 0.0715 e. The van der Waals surface area contributed by atoms with Crippen LogP contribution in [0, 0.1) is 5.92 Å². The van der Waals surface area contributed by atoms with Crippen molar-refractivity contribution in [3.05, 3.63) is 17.5 Å². The number of aliphatic hydroxyl groups excluding tert-OH is 1. The lowest BCUT2D eigenvalue weighted by Gasteiger charge is -2.15. The van der Waals surface area contributed by atoms with Gasteiger partial charge in [-0.05, 0) is 38.5 Å². The van der Waals surface area contributed by atoms with E-state index in [4.69, 9.17) is 0 Å². The van der Waals surface area contributed by atoms with E-state index in [-0.39, 0.29) is 6.61 Å². The van der Waals surface area contributed by atoms with Gasteiger partial charge in [0.2, 0.25) is 0 Å². The van der Waals surface area contributed by atoms with Gasteiger partial charge in [-0.1, -0.05) is 0 Å². The standard InChI is InChI=1S/C12H18N2O/c1-8(9-2-3-9)14-12(10-4-5-10)11(7-15)6-13-14/h6,8-10,15H,2-5,7H2,1H3. The van der Waals surface area contributed by atoms with Crippen LogP contribution in [0.1, 0.15) is 55.8 Å². The largest absolute Gasteiger partial charge is 0.392 e. The van der Waals surface area contributed by atoms with Gasteiger partial charge in [-0.3, -0.25) is 4.68 Å². The second kappa shape index (κ2) is 3.34. The van der Waals surface area contributed by atoms with E-state index >= 15 is 0 Å². The van der Waals surface area contributed by atoms with Crippen LogP contribution in [-0.4, -0.2) is 14.9 Å². The third kappa shape index (κ3) is 1.59. The van der Waals surface area contributed by atoms with Crippen molar-refractivity contribution in [2.24, 2.45) is 5.92 Å². The van der Waals surface area contributed by atoms with E-state index in [1.165, 1.54) is 31.4 Å². The molecule has 0 aromatic carbocycles. The van der Waals surface area contributed by atoms with Crippen molar-refractivity contribution >= 4 is 0 Å². The fourth-order valence-corrected chi connectivity index (χ4v) is 2.44. The van der Waals surface area contributed by atoms with E-state index in [2.05, 4.69) is 16.7 Å². The fourth-order valence-electron chi connectivity index (χ4n) is 2.44. The molecule has 3 nitrogen and oxygen atoms in total. The topological polar surface area (TPSA) is 38.0 Å². The minimum atomic E-state index is 0.142.